The molecule has 1 saturated carbocycles. The molecule has 3 N–H and O–H groups in total. The number of amides is 2. The number of para-hydroxylation sites is 1. The molecule has 1 saturated heterocycles. The first kappa shape index (κ1) is 23.6. The first-order chi connectivity index (χ1) is 17.1. The number of H-pyrrole nitrogens is 1. The summed E-state index contributed by atoms with van der Waals surface area (Å²) in [5, 5.41) is 7.11. The van der Waals surface area contributed by atoms with Crippen LogP contribution in [0.2, 0.25) is 0 Å². The minimum absolute atomic E-state index is 0.117. The maximum Gasteiger partial charge on any atom is 0.268 e. The number of fused-ring (bicyclic) bond motifs is 1. The largest absolute Gasteiger partial charge is 0.350 e. The SMILES string of the molecule is Cc1c(C(=O)N[C@@H](CCC2CC2)C(=O)NCc2ccc(CN3CCCC3)cc2)[nH]c2ccccc12. The zero-order valence-corrected chi connectivity index (χ0v) is 20.6. The van der Waals surface area contributed by atoms with Gasteiger partial charge in [0.05, 0.1) is 0 Å². The van der Waals surface area contributed by atoms with Gasteiger partial charge in [0.15, 0.2) is 0 Å². The zero-order valence-electron chi connectivity index (χ0n) is 20.6. The van der Waals surface area contributed by atoms with Crippen molar-refractivity contribution in [1.82, 2.24) is 20.5 Å². The van der Waals surface area contributed by atoms with E-state index in [1.54, 1.807) is 0 Å². The van der Waals surface area contributed by atoms with Crippen molar-refractivity contribution in [2.75, 3.05) is 13.1 Å². The second-order valence-corrected chi connectivity index (χ2v) is 10.2. The van der Waals surface area contributed by atoms with Gasteiger partial charge in [-0.25, -0.2) is 0 Å². The number of hydrogen-bond donors (Lipinski definition) is 3. The number of carbonyl (C=O) groups excluding carboxylic acids is 2. The van der Waals surface area contributed by atoms with Gasteiger partial charge in [-0.2, -0.15) is 0 Å². The number of carbonyl (C=O) groups is 2. The van der Waals surface area contributed by atoms with Crippen LogP contribution in [0.5, 0.6) is 0 Å². The molecule has 0 bridgehead atoms. The number of nitrogens with one attached hydrogen (secondary N) is 3. The third-order valence-corrected chi connectivity index (χ3v) is 7.47. The molecule has 1 aliphatic carbocycles. The quantitative estimate of drug-likeness (QED) is 0.401. The summed E-state index contributed by atoms with van der Waals surface area (Å²) in [6.07, 6.45) is 6.68. The van der Waals surface area contributed by atoms with Crippen LogP contribution in [-0.2, 0) is 17.9 Å². The molecule has 0 radical (unpaired) electrons. The van der Waals surface area contributed by atoms with Gasteiger partial charge in [-0.05, 0) is 74.4 Å². The van der Waals surface area contributed by atoms with Crippen LogP contribution in [0.3, 0.4) is 0 Å². The lowest BCUT2D eigenvalue weighted by molar-refractivity contribution is -0.123. The third-order valence-electron chi connectivity index (χ3n) is 7.47. The van der Waals surface area contributed by atoms with Gasteiger partial charge < -0.3 is 15.6 Å². The fraction of sp³-hybridized carbons (Fsp3) is 0.448. The van der Waals surface area contributed by atoms with Crippen molar-refractivity contribution < 1.29 is 9.59 Å². The number of aromatic amines is 1. The summed E-state index contributed by atoms with van der Waals surface area (Å²) in [7, 11) is 0. The van der Waals surface area contributed by atoms with E-state index in [2.05, 4.69) is 44.8 Å². The first-order valence-electron chi connectivity index (χ1n) is 13.0. The molecule has 2 aliphatic rings. The van der Waals surface area contributed by atoms with Crippen LogP contribution in [-0.4, -0.2) is 40.8 Å². The van der Waals surface area contributed by atoms with Gasteiger partial charge in [-0.15, -0.1) is 0 Å². The van der Waals surface area contributed by atoms with Crippen molar-refractivity contribution in [3.05, 3.63) is 70.9 Å². The number of likely N-dealkylation sites (tertiary alicyclic amines) is 1. The van der Waals surface area contributed by atoms with Gasteiger partial charge in [0.1, 0.15) is 11.7 Å². The fourth-order valence-corrected chi connectivity index (χ4v) is 5.09. The number of hydrogen-bond acceptors (Lipinski definition) is 3. The van der Waals surface area contributed by atoms with Crippen molar-refractivity contribution in [3.63, 3.8) is 0 Å². The van der Waals surface area contributed by atoms with E-state index in [0.717, 1.165) is 35.0 Å². The Kier molecular flexibility index (Phi) is 7.19. The molecule has 3 aromatic rings. The molecular formula is C29H36N4O2. The van der Waals surface area contributed by atoms with Gasteiger partial charge >= 0.3 is 0 Å². The van der Waals surface area contributed by atoms with E-state index < -0.39 is 6.04 Å². The molecule has 1 aliphatic heterocycles. The zero-order chi connectivity index (χ0) is 24.2. The van der Waals surface area contributed by atoms with E-state index in [4.69, 9.17) is 0 Å². The highest BCUT2D eigenvalue weighted by Crippen LogP contribution is 2.34. The molecular weight excluding hydrogens is 436 g/mol. The molecule has 2 amide bonds. The first-order valence-corrected chi connectivity index (χ1v) is 13.0. The molecule has 6 heteroatoms. The molecule has 184 valence electrons. The molecule has 0 unspecified atom stereocenters. The molecule has 5 rings (SSSR count). The number of rotatable bonds is 10. The van der Waals surface area contributed by atoms with Crippen LogP contribution in [0.25, 0.3) is 10.9 Å². The monoisotopic (exact) mass is 472 g/mol. The highest BCUT2D eigenvalue weighted by molar-refractivity contribution is 6.02. The van der Waals surface area contributed by atoms with Crippen molar-refractivity contribution >= 4 is 22.7 Å². The van der Waals surface area contributed by atoms with Crippen molar-refractivity contribution in [2.24, 2.45) is 5.92 Å². The molecule has 2 aromatic carbocycles. The van der Waals surface area contributed by atoms with Gasteiger partial charge in [-0.1, -0.05) is 55.3 Å². The maximum atomic E-state index is 13.1. The van der Waals surface area contributed by atoms with Crippen LogP contribution in [0.4, 0.5) is 0 Å². The van der Waals surface area contributed by atoms with Gasteiger partial charge in [0.2, 0.25) is 5.91 Å². The Morgan fingerprint density at radius 3 is 2.46 bits per heavy atom. The number of nitrogens with zero attached hydrogens (tertiary/aromatic N) is 1. The summed E-state index contributed by atoms with van der Waals surface area (Å²) >= 11 is 0. The summed E-state index contributed by atoms with van der Waals surface area (Å²) in [6, 6.07) is 15.9. The standard InChI is InChI=1S/C29H36N4O2/c1-20-24-6-2-3-7-25(24)31-27(20)29(35)32-26(15-14-21-8-9-21)28(34)30-18-22-10-12-23(13-11-22)19-33-16-4-5-17-33/h2-3,6-7,10-13,21,26,31H,4-5,8-9,14-19H2,1H3,(H,30,34)(H,32,35)/t26-/m0/s1. The predicted molar refractivity (Wildman–Crippen MR) is 139 cm³/mol. The van der Waals surface area contributed by atoms with Gasteiger partial charge in [0.25, 0.3) is 5.91 Å². The van der Waals surface area contributed by atoms with Gasteiger partial charge in [-0.3, -0.25) is 14.5 Å². The Hall–Kier alpha value is -3.12. The van der Waals surface area contributed by atoms with Crippen LogP contribution in [0.1, 0.15) is 65.7 Å². The molecule has 6 nitrogen and oxygen atoms in total. The Balaban J connectivity index is 1.20. The summed E-state index contributed by atoms with van der Waals surface area (Å²) < 4.78 is 0. The summed E-state index contributed by atoms with van der Waals surface area (Å²) in [4.78, 5) is 32.0. The smallest absolute Gasteiger partial charge is 0.268 e. The second-order valence-electron chi connectivity index (χ2n) is 10.2. The Labute approximate surface area is 207 Å². The minimum Gasteiger partial charge on any atom is -0.350 e. The molecule has 2 fully saturated rings. The van der Waals surface area contributed by atoms with Crippen molar-refractivity contribution in [1.29, 1.82) is 0 Å². The van der Waals surface area contributed by atoms with E-state index in [0.29, 0.717) is 24.6 Å². The lowest BCUT2D eigenvalue weighted by atomic mass is 10.1. The van der Waals surface area contributed by atoms with Crippen LogP contribution < -0.4 is 10.6 Å². The lowest BCUT2D eigenvalue weighted by Gasteiger charge is -2.19. The summed E-state index contributed by atoms with van der Waals surface area (Å²) in [5.41, 5.74) is 4.76. The molecule has 2 heterocycles. The number of aryl methyl sites for hydroxylation is 1. The average molecular weight is 473 g/mol. The van der Waals surface area contributed by atoms with Crippen molar-refractivity contribution in [2.45, 2.75) is 64.6 Å². The lowest BCUT2D eigenvalue weighted by Crippen LogP contribution is -2.46. The van der Waals surface area contributed by atoms with Crippen molar-refractivity contribution in [3.8, 4) is 0 Å². The Bertz CT molecular complexity index is 1170. The van der Waals surface area contributed by atoms with E-state index in [1.807, 2.05) is 31.2 Å². The molecule has 1 atom stereocenters. The minimum atomic E-state index is -0.539. The summed E-state index contributed by atoms with van der Waals surface area (Å²) in [6.45, 7) is 5.77. The van der Waals surface area contributed by atoms with Gasteiger partial charge in [0, 0.05) is 24.0 Å². The number of benzene rings is 2. The molecule has 1 aromatic heterocycles. The summed E-state index contributed by atoms with van der Waals surface area (Å²) in [5.74, 6) is 0.356. The van der Waals surface area contributed by atoms with Crippen LogP contribution >= 0.6 is 0 Å². The molecule has 0 spiro atoms. The normalized spacial score (nSPS) is 16.9. The van der Waals surface area contributed by atoms with E-state index in [1.165, 1.54) is 44.3 Å². The molecule has 35 heavy (non-hydrogen) atoms. The van der Waals surface area contributed by atoms with E-state index in [-0.39, 0.29) is 11.8 Å². The topological polar surface area (TPSA) is 77.2 Å². The maximum absolute atomic E-state index is 13.1. The second kappa shape index (κ2) is 10.6. The Morgan fingerprint density at radius 2 is 1.74 bits per heavy atom. The highest BCUT2D eigenvalue weighted by atomic mass is 16.2. The average Bonchev–Trinajstić information content (AvgIpc) is 3.45. The third kappa shape index (κ3) is 5.93. The fourth-order valence-electron chi connectivity index (χ4n) is 5.09. The van der Waals surface area contributed by atoms with E-state index in [9.17, 15) is 9.59 Å². The van der Waals surface area contributed by atoms with Crippen LogP contribution in [0.15, 0.2) is 48.5 Å². The highest BCUT2D eigenvalue weighted by Gasteiger charge is 2.27. The number of aromatic nitrogens is 1. The van der Waals surface area contributed by atoms with Crippen LogP contribution in [0, 0.1) is 12.8 Å². The predicted octanol–water partition coefficient (Wildman–Crippen LogP) is 4.68. The van der Waals surface area contributed by atoms with E-state index >= 15 is 0 Å². The Morgan fingerprint density at radius 1 is 1.03 bits per heavy atom.